The number of aromatic nitrogens is 2. The third-order valence-corrected chi connectivity index (χ3v) is 3.62. The minimum atomic E-state index is -4.60. The van der Waals surface area contributed by atoms with E-state index in [1.807, 2.05) is 0 Å². The number of carboxylic acids is 1. The molecule has 1 saturated heterocycles. The minimum Gasteiger partial charge on any atom is -0.480 e. The third kappa shape index (κ3) is 2.26. The molecular formula is C9H10F3N3O2S. The number of hydrogen-bond donors (Lipinski definition) is 1. The van der Waals surface area contributed by atoms with Gasteiger partial charge in [-0.3, -0.25) is 0 Å². The summed E-state index contributed by atoms with van der Waals surface area (Å²) in [4.78, 5) is 15.8. The van der Waals surface area contributed by atoms with Crippen LogP contribution in [0.25, 0.3) is 0 Å². The van der Waals surface area contributed by atoms with Crippen molar-refractivity contribution in [2.24, 2.45) is 5.92 Å². The first kappa shape index (κ1) is 13.1. The number of carboxylic acid groups (broad SMARTS) is 1. The highest BCUT2D eigenvalue weighted by atomic mass is 32.1. The van der Waals surface area contributed by atoms with Gasteiger partial charge in [0.05, 0.1) is 0 Å². The van der Waals surface area contributed by atoms with Crippen LogP contribution in [-0.4, -0.2) is 33.0 Å². The molecule has 0 saturated carbocycles. The standard InChI is InChI=1S/C9H10F3N3O2S/c1-4-2-3-15(5(4)6(16)17)8-13-7(14-18-8)9(10,11)12/h4-5H,2-3H2,1H3,(H,16,17). The fourth-order valence-corrected chi connectivity index (χ4v) is 2.73. The Balaban J connectivity index is 2.26. The van der Waals surface area contributed by atoms with Crippen LogP contribution in [0.15, 0.2) is 0 Å². The van der Waals surface area contributed by atoms with Crippen LogP contribution in [0.2, 0.25) is 0 Å². The van der Waals surface area contributed by atoms with E-state index >= 15 is 0 Å². The quantitative estimate of drug-likeness (QED) is 0.896. The maximum absolute atomic E-state index is 12.4. The Bertz CT molecular complexity index is 462. The van der Waals surface area contributed by atoms with Gasteiger partial charge in [-0.25, -0.2) is 4.79 Å². The minimum absolute atomic E-state index is 0.0130. The highest BCUT2D eigenvalue weighted by Crippen LogP contribution is 2.34. The van der Waals surface area contributed by atoms with Crippen molar-refractivity contribution >= 4 is 22.6 Å². The number of halogens is 3. The van der Waals surface area contributed by atoms with Gasteiger partial charge in [0.25, 0.3) is 0 Å². The lowest BCUT2D eigenvalue weighted by Gasteiger charge is -2.21. The molecule has 1 N–H and O–H groups in total. The molecule has 0 spiro atoms. The lowest BCUT2D eigenvalue weighted by molar-refractivity contribution is -0.144. The molecule has 0 radical (unpaired) electrons. The van der Waals surface area contributed by atoms with Crippen LogP contribution in [0.4, 0.5) is 18.3 Å². The topological polar surface area (TPSA) is 66.3 Å². The molecule has 1 fully saturated rings. The smallest absolute Gasteiger partial charge is 0.452 e. The van der Waals surface area contributed by atoms with E-state index in [4.69, 9.17) is 5.11 Å². The summed E-state index contributed by atoms with van der Waals surface area (Å²) in [6.45, 7) is 2.13. The fraction of sp³-hybridized carbons (Fsp3) is 0.667. The largest absolute Gasteiger partial charge is 0.480 e. The van der Waals surface area contributed by atoms with E-state index in [0.717, 1.165) is 0 Å². The van der Waals surface area contributed by atoms with Crippen LogP contribution in [0.5, 0.6) is 0 Å². The highest BCUT2D eigenvalue weighted by molar-refractivity contribution is 7.09. The zero-order valence-corrected chi connectivity index (χ0v) is 10.1. The molecule has 0 aliphatic carbocycles. The molecule has 1 aromatic rings. The maximum Gasteiger partial charge on any atom is 0.452 e. The summed E-state index contributed by atoms with van der Waals surface area (Å²) in [7, 11) is 0. The number of alkyl halides is 3. The Morgan fingerprint density at radius 3 is 2.72 bits per heavy atom. The van der Waals surface area contributed by atoms with Crippen molar-refractivity contribution in [3.8, 4) is 0 Å². The average molecular weight is 281 g/mol. The van der Waals surface area contributed by atoms with Gasteiger partial charge >= 0.3 is 12.1 Å². The van der Waals surface area contributed by atoms with Gasteiger partial charge in [0.2, 0.25) is 11.0 Å². The zero-order chi connectivity index (χ0) is 13.5. The molecule has 2 atom stereocenters. The van der Waals surface area contributed by atoms with Gasteiger partial charge in [-0.2, -0.15) is 22.5 Å². The number of aliphatic carboxylic acids is 1. The molecule has 2 rings (SSSR count). The van der Waals surface area contributed by atoms with E-state index in [1.165, 1.54) is 4.90 Å². The molecule has 9 heteroatoms. The molecule has 1 aliphatic heterocycles. The van der Waals surface area contributed by atoms with Crippen LogP contribution in [0.1, 0.15) is 19.2 Å². The van der Waals surface area contributed by atoms with Crippen molar-refractivity contribution in [1.29, 1.82) is 0 Å². The average Bonchev–Trinajstić information content (AvgIpc) is 2.81. The number of rotatable bonds is 2. The van der Waals surface area contributed by atoms with Crippen LogP contribution >= 0.6 is 11.5 Å². The second-order valence-corrected chi connectivity index (χ2v) is 4.87. The van der Waals surface area contributed by atoms with Crippen molar-refractivity contribution in [3.63, 3.8) is 0 Å². The van der Waals surface area contributed by atoms with E-state index in [2.05, 4.69) is 9.36 Å². The fourth-order valence-electron chi connectivity index (χ4n) is 1.99. The number of carbonyl (C=O) groups is 1. The van der Waals surface area contributed by atoms with Gasteiger partial charge in [-0.1, -0.05) is 6.92 Å². The molecule has 5 nitrogen and oxygen atoms in total. The van der Waals surface area contributed by atoms with Crippen molar-refractivity contribution < 1.29 is 23.1 Å². The monoisotopic (exact) mass is 281 g/mol. The van der Waals surface area contributed by atoms with Crippen LogP contribution < -0.4 is 4.90 Å². The van der Waals surface area contributed by atoms with Gasteiger partial charge in [-0.05, 0) is 12.3 Å². The van der Waals surface area contributed by atoms with Crippen molar-refractivity contribution in [3.05, 3.63) is 5.82 Å². The Hall–Kier alpha value is -1.38. The van der Waals surface area contributed by atoms with Crippen LogP contribution in [-0.2, 0) is 11.0 Å². The molecule has 2 unspecified atom stereocenters. The zero-order valence-electron chi connectivity index (χ0n) is 9.31. The predicted octanol–water partition coefficient (Wildman–Crippen LogP) is 1.86. The summed E-state index contributed by atoms with van der Waals surface area (Å²) in [6.07, 6.45) is -3.99. The first-order valence-electron chi connectivity index (χ1n) is 5.21. The Kier molecular flexibility index (Phi) is 3.18. The van der Waals surface area contributed by atoms with E-state index in [0.29, 0.717) is 24.5 Å². The first-order chi connectivity index (χ1) is 8.30. The Morgan fingerprint density at radius 2 is 2.22 bits per heavy atom. The number of hydrogen-bond acceptors (Lipinski definition) is 5. The summed E-state index contributed by atoms with van der Waals surface area (Å²) < 4.78 is 40.3. The molecule has 2 heterocycles. The lowest BCUT2D eigenvalue weighted by Crippen LogP contribution is -2.39. The molecular weight excluding hydrogens is 271 g/mol. The molecule has 1 aliphatic rings. The first-order valence-corrected chi connectivity index (χ1v) is 5.98. The number of nitrogens with zero attached hydrogens (tertiary/aromatic N) is 3. The van der Waals surface area contributed by atoms with Gasteiger partial charge in [-0.15, -0.1) is 0 Å². The van der Waals surface area contributed by atoms with E-state index in [1.54, 1.807) is 6.92 Å². The summed E-state index contributed by atoms with van der Waals surface area (Å²) in [5, 5.41) is 9.09. The molecule has 0 amide bonds. The molecule has 0 aromatic carbocycles. The van der Waals surface area contributed by atoms with Crippen molar-refractivity contribution in [2.75, 3.05) is 11.4 Å². The molecule has 18 heavy (non-hydrogen) atoms. The lowest BCUT2D eigenvalue weighted by atomic mass is 10.0. The number of anilines is 1. The second-order valence-electron chi connectivity index (χ2n) is 4.14. The van der Waals surface area contributed by atoms with Crippen LogP contribution in [0, 0.1) is 5.92 Å². The van der Waals surface area contributed by atoms with E-state index in [9.17, 15) is 18.0 Å². The summed E-state index contributed by atoms with van der Waals surface area (Å²) in [5.41, 5.74) is 0. The summed E-state index contributed by atoms with van der Waals surface area (Å²) >= 11 is 0.578. The third-order valence-electron chi connectivity index (χ3n) is 2.87. The highest BCUT2D eigenvalue weighted by Gasteiger charge is 2.41. The predicted molar refractivity (Wildman–Crippen MR) is 57.5 cm³/mol. The van der Waals surface area contributed by atoms with Gasteiger partial charge < -0.3 is 10.0 Å². The summed E-state index contributed by atoms with van der Waals surface area (Å²) in [6, 6.07) is -0.834. The van der Waals surface area contributed by atoms with Crippen molar-refractivity contribution in [2.45, 2.75) is 25.6 Å². The second kappa shape index (κ2) is 4.38. The van der Waals surface area contributed by atoms with Crippen LogP contribution in [0.3, 0.4) is 0 Å². The van der Waals surface area contributed by atoms with E-state index < -0.39 is 24.0 Å². The normalized spacial score (nSPS) is 24.6. The van der Waals surface area contributed by atoms with E-state index in [-0.39, 0.29) is 11.0 Å². The maximum atomic E-state index is 12.4. The molecule has 100 valence electrons. The van der Waals surface area contributed by atoms with Gasteiger partial charge in [0, 0.05) is 18.1 Å². The van der Waals surface area contributed by atoms with Gasteiger partial charge in [0.1, 0.15) is 6.04 Å². The molecule has 0 bridgehead atoms. The van der Waals surface area contributed by atoms with Crippen molar-refractivity contribution in [1.82, 2.24) is 9.36 Å². The van der Waals surface area contributed by atoms with Gasteiger partial charge in [0.15, 0.2) is 0 Å². The molecule has 1 aromatic heterocycles. The Morgan fingerprint density at radius 1 is 1.56 bits per heavy atom. The summed E-state index contributed by atoms with van der Waals surface area (Å²) in [5.74, 6) is -2.39. The Labute approximate surface area is 104 Å². The SMILES string of the molecule is CC1CCN(c2nc(C(F)(F)F)ns2)C1C(=O)O.